The summed E-state index contributed by atoms with van der Waals surface area (Å²) in [6.45, 7) is 14.0. The average molecular weight is 927 g/mol. The molecule has 10 aromatic carbocycles. The Morgan fingerprint density at radius 2 is 1.06 bits per heavy atom. The summed E-state index contributed by atoms with van der Waals surface area (Å²) in [6, 6.07) is 84.5. The van der Waals surface area contributed by atoms with Gasteiger partial charge in [0.1, 0.15) is 0 Å². The highest BCUT2D eigenvalue weighted by Gasteiger charge is 2.42. The molecule has 0 bridgehead atoms. The molecule has 72 heavy (non-hydrogen) atoms. The number of nitrogens with zero attached hydrogens (tertiary/aromatic N) is 2. The Bertz CT molecular complexity index is 3590. The van der Waals surface area contributed by atoms with Gasteiger partial charge in [-0.05, 0) is 146 Å². The molecule has 1 heterocycles. The van der Waals surface area contributed by atoms with Crippen molar-refractivity contribution in [2.75, 3.05) is 15.1 Å². The van der Waals surface area contributed by atoms with Crippen LogP contribution in [0, 0.1) is 6.92 Å². The number of anilines is 8. The van der Waals surface area contributed by atoms with Gasteiger partial charge in [0.15, 0.2) is 7.28 Å². The fourth-order valence-electron chi connectivity index (χ4n) is 11.1. The molecule has 4 heteroatoms. The molecule has 0 unspecified atom stereocenters. The number of hydrogen-bond acceptors (Lipinski definition) is 3. The predicted octanol–water partition coefficient (Wildman–Crippen LogP) is 17.3. The molecule has 0 amide bonds. The first-order valence-electron chi connectivity index (χ1n) is 25.3. The maximum Gasteiger partial charge on any atom is 0.197 e. The third-order valence-electron chi connectivity index (χ3n) is 14.9. The van der Waals surface area contributed by atoms with E-state index in [0.29, 0.717) is 0 Å². The summed E-state index contributed by atoms with van der Waals surface area (Å²) in [4.78, 5) is 4.98. The summed E-state index contributed by atoms with van der Waals surface area (Å²) < 4.78 is 0. The lowest BCUT2D eigenvalue weighted by Gasteiger charge is -2.39. The SMILES string of the molecule is Cc1cc(C(C)(C)C)ccc1N1c2cc(-c3ccccc3)ccc2[B]c2c(-c3cc(N(c4ccccc4)c4ccccc4)ccc3Nc3ccc(-c4ccccc4)cc3)cc3c(c21)-c1ccccc1C3(C)C. The standard InChI is InChI=1S/C68H57BN3/c1-45-41-50(67(2,3)4)34-40-62(45)72-63-42-49(47-23-13-8-14-24-47)33-38-60(63)69-65-57(44-59-64(66(65)72)55-29-19-20-30-58(55)68(59,5)6)56-43-54(71(52-25-15-9-16-26-52)53-27-17-10-18-28-53)37-39-61(56)70-51-35-31-48(32-36-51)46-21-11-7-12-22-46/h7-44,70H,1-6H3. The average Bonchev–Trinajstić information content (AvgIpc) is 3.64. The van der Waals surface area contributed by atoms with E-state index in [9.17, 15) is 0 Å². The van der Waals surface area contributed by atoms with Gasteiger partial charge >= 0.3 is 0 Å². The highest BCUT2D eigenvalue weighted by Crippen LogP contribution is 2.56. The van der Waals surface area contributed by atoms with Crippen molar-refractivity contribution in [3.05, 3.63) is 253 Å². The van der Waals surface area contributed by atoms with Gasteiger partial charge in [-0.1, -0.05) is 198 Å². The molecule has 0 saturated carbocycles. The number of rotatable bonds is 9. The summed E-state index contributed by atoms with van der Waals surface area (Å²) in [5.41, 5.74) is 25.7. The zero-order chi connectivity index (χ0) is 49.1. The molecule has 0 aromatic heterocycles. The molecule has 1 aliphatic heterocycles. The third-order valence-corrected chi connectivity index (χ3v) is 14.9. The molecule has 2 aliphatic rings. The minimum atomic E-state index is -0.294. The Balaban J connectivity index is 1.15. The highest BCUT2D eigenvalue weighted by atomic mass is 15.2. The summed E-state index contributed by atoms with van der Waals surface area (Å²) in [6.07, 6.45) is 0. The first-order valence-corrected chi connectivity index (χ1v) is 25.3. The van der Waals surface area contributed by atoms with E-state index in [2.05, 4.69) is 294 Å². The molecule has 1 aliphatic carbocycles. The number of nitrogens with one attached hydrogen (secondary N) is 1. The summed E-state index contributed by atoms with van der Waals surface area (Å²) in [5.74, 6) is 0. The molecule has 0 spiro atoms. The third kappa shape index (κ3) is 7.88. The molecule has 0 fully saturated rings. The fraction of sp³-hybridized carbons (Fsp3) is 0.118. The normalized spacial score (nSPS) is 13.1. The zero-order valence-corrected chi connectivity index (χ0v) is 41.9. The molecule has 12 rings (SSSR count). The second-order valence-corrected chi connectivity index (χ2v) is 21.0. The minimum Gasteiger partial charge on any atom is -0.355 e. The van der Waals surface area contributed by atoms with Crippen LogP contribution in [0.15, 0.2) is 231 Å². The molecule has 347 valence electrons. The largest absolute Gasteiger partial charge is 0.355 e. The maximum absolute atomic E-state index is 3.98. The van der Waals surface area contributed by atoms with Crippen LogP contribution in [0.2, 0.25) is 0 Å². The molecule has 1 N–H and O–H groups in total. The van der Waals surface area contributed by atoms with Crippen molar-refractivity contribution in [3.63, 3.8) is 0 Å². The zero-order valence-electron chi connectivity index (χ0n) is 41.9. The summed E-state index contributed by atoms with van der Waals surface area (Å²) >= 11 is 0. The Morgan fingerprint density at radius 1 is 0.472 bits per heavy atom. The number of benzene rings is 10. The van der Waals surface area contributed by atoms with Crippen molar-refractivity contribution in [3.8, 4) is 44.5 Å². The van der Waals surface area contributed by atoms with E-state index in [0.717, 1.165) is 34.0 Å². The Kier molecular flexibility index (Phi) is 11.1. The molecular formula is C68H57BN3. The van der Waals surface area contributed by atoms with Crippen molar-refractivity contribution in [1.82, 2.24) is 0 Å². The smallest absolute Gasteiger partial charge is 0.197 e. The lowest BCUT2D eigenvalue weighted by Crippen LogP contribution is -2.42. The number of fused-ring (bicyclic) bond motifs is 6. The second kappa shape index (κ2) is 17.8. The lowest BCUT2D eigenvalue weighted by atomic mass is 9.57. The quantitative estimate of drug-likeness (QED) is 0.146. The van der Waals surface area contributed by atoms with Gasteiger partial charge < -0.3 is 15.1 Å². The number of aryl methyl sites for hydroxylation is 1. The molecule has 10 aromatic rings. The molecule has 0 atom stereocenters. The fourth-order valence-corrected chi connectivity index (χ4v) is 11.1. The van der Waals surface area contributed by atoms with Gasteiger partial charge in [-0.25, -0.2) is 0 Å². The van der Waals surface area contributed by atoms with Crippen molar-refractivity contribution in [1.29, 1.82) is 0 Å². The minimum absolute atomic E-state index is 0.00366. The van der Waals surface area contributed by atoms with Crippen LogP contribution in [0.1, 0.15) is 56.9 Å². The number of hydrogen-bond donors (Lipinski definition) is 1. The van der Waals surface area contributed by atoms with Crippen LogP contribution in [0.4, 0.5) is 45.5 Å². The van der Waals surface area contributed by atoms with Crippen LogP contribution in [0.25, 0.3) is 44.5 Å². The van der Waals surface area contributed by atoms with Gasteiger partial charge in [0.05, 0.1) is 0 Å². The maximum atomic E-state index is 3.98. The van der Waals surface area contributed by atoms with Gasteiger partial charge in [0.2, 0.25) is 0 Å². The van der Waals surface area contributed by atoms with E-state index in [1.807, 2.05) is 0 Å². The van der Waals surface area contributed by atoms with E-state index in [1.165, 1.54) is 89.2 Å². The van der Waals surface area contributed by atoms with E-state index in [4.69, 9.17) is 0 Å². The Morgan fingerprint density at radius 3 is 1.69 bits per heavy atom. The van der Waals surface area contributed by atoms with Crippen molar-refractivity contribution in [2.24, 2.45) is 0 Å². The van der Waals surface area contributed by atoms with Gasteiger partial charge in [-0.2, -0.15) is 0 Å². The Hall–Kier alpha value is -8.34. The van der Waals surface area contributed by atoms with Crippen molar-refractivity contribution >= 4 is 63.7 Å². The van der Waals surface area contributed by atoms with Crippen LogP contribution in [-0.4, -0.2) is 7.28 Å². The summed E-state index contributed by atoms with van der Waals surface area (Å²) in [5, 5.41) is 3.98. The molecule has 3 nitrogen and oxygen atoms in total. The molecule has 0 saturated heterocycles. The topological polar surface area (TPSA) is 18.5 Å². The van der Waals surface area contributed by atoms with Crippen LogP contribution in [-0.2, 0) is 10.8 Å². The van der Waals surface area contributed by atoms with Gasteiger partial charge in [0.25, 0.3) is 0 Å². The van der Waals surface area contributed by atoms with Crippen molar-refractivity contribution in [2.45, 2.75) is 52.4 Å². The Labute approximate surface area is 426 Å². The van der Waals surface area contributed by atoms with E-state index >= 15 is 0 Å². The first kappa shape index (κ1) is 44.8. The van der Waals surface area contributed by atoms with Crippen LogP contribution >= 0.6 is 0 Å². The first-order chi connectivity index (χ1) is 35.0. The molecular weight excluding hydrogens is 870 g/mol. The second-order valence-electron chi connectivity index (χ2n) is 21.0. The van der Waals surface area contributed by atoms with Gasteiger partial charge in [-0.3, -0.25) is 0 Å². The van der Waals surface area contributed by atoms with Crippen molar-refractivity contribution < 1.29 is 0 Å². The number of para-hydroxylation sites is 2. The van der Waals surface area contributed by atoms with Crippen LogP contribution < -0.4 is 26.0 Å². The van der Waals surface area contributed by atoms with E-state index in [1.54, 1.807) is 0 Å². The van der Waals surface area contributed by atoms with Crippen LogP contribution in [0.3, 0.4) is 0 Å². The van der Waals surface area contributed by atoms with Gasteiger partial charge in [0, 0.05) is 62.0 Å². The molecule has 1 radical (unpaired) electrons. The monoisotopic (exact) mass is 926 g/mol. The van der Waals surface area contributed by atoms with E-state index in [-0.39, 0.29) is 10.8 Å². The summed E-state index contributed by atoms with van der Waals surface area (Å²) in [7, 11) is 2.47. The van der Waals surface area contributed by atoms with Crippen LogP contribution in [0.5, 0.6) is 0 Å². The van der Waals surface area contributed by atoms with E-state index < -0.39 is 0 Å². The van der Waals surface area contributed by atoms with Gasteiger partial charge in [-0.15, -0.1) is 0 Å². The highest BCUT2D eigenvalue weighted by molar-refractivity contribution is 6.73. The lowest BCUT2D eigenvalue weighted by molar-refractivity contribution is 0.590. The predicted molar refractivity (Wildman–Crippen MR) is 308 cm³/mol.